The van der Waals surface area contributed by atoms with E-state index in [1.165, 1.54) is 13.2 Å². The minimum atomic E-state index is -0.245. The third kappa shape index (κ3) is 1.62. The van der Waals surface area contributed by atoms with Gasteiger partial charge in [0.1, 0.15) is 11.6 Å². The van der Waals surface area contributed by atoms with Gasteiger partial charge in [-0.1, -0.05) is 0 Å². The smallest absolute Gasteiger partial charge is 0.135 e. The lowest BCUT2D eigenvalue weighted by molar-refractivity contribution is 0.411. The van der Waals surface area contributed by atoms with E-state index in [2.05, 4.69) is 4.99 Å². The normalized spacial score (nSPS) is 15.4. The molecular formula is C11H12FNO. The van der Waals surface area contributed by atoms with E-state index in [1.54, 1.807) is 12.1 Å². The summed E-state index contributed by atoms with van der Waals surface area (Å²) in [6.45, 7) is 0.820. The maximum Gasteiger partial charge on any atom is 0.135 e. The molecule has 0 fully saturated rings. The Morgan fingerprint density at radius 2 is 2.29 bits per heavy atom. The summed E-state index contributed by atoms with van der Waals surface area (Å²) in [5.41, 5.74) is 1.49. The molecule has 0 N–H and O–H groups in total. The zero-order chi connectivity index (χ0) is 9.97. The van der Waals surface area contributed by atoms with Crippen molar-refractivity contribution in [3.8, 4) is 5.75 Å². The molecule has 74 valence electrons. The SMILES string of the molecule is COc1ccc(C2=NCCC2)c(F)c1. The van der Waals surface area contributed by atoms with Crippen LogP contribution in [0.4, 0.5) is 4.39 Å². The molecule has 0 bridgehead atoms. The lowest BCUT2D eigenvalue weighted by Gasteiger charge is -2.04. The average molecular weight is 193 g/mol. The van der Waals surface area contributed by atoms with Crippen LogP contribution in [0.2, 0.25) is 0 Å². The fourth-order valence-corrected chi connectivity index (χ4v) is 1.62. The van der Waals surface area contributed by atoms with Crippen molar-refractivity contribution in [3.05, 3.63) is 29.6 Å². The van der Waals surface area contributed by atoms with Crippen LogP contribution in [0.15, 0.2) is 23.2 Å². The molecule has 1 aromatic carbocycles. The van der Waals surface area contributed by atoms with Crippen molar-refractivity contribution in [3.63, 3.8) is 0 Å². The number of hydrogen-bond acceptors (Lipinski definition) is 2. The third-order valence-electron chi connectivity index (χ3n) is 2.36. The molecule has 0 radical (unpaired) electrons. The van der Waals surface area contributed by atoms with Crippen molar-refractivity contribution in [1.82, 2.24) is 0 Å². The highest BCUT2D eigenvalue weighted by molar-refractivity contribution is 6.01. The highest BCUT2D eigenvalue weighted by atomic mass is 19.1. The number of nitrogens with zero attached hydrogens (tertiary/aromatic N) is 1. The van der Waals surface area contributed by atoms with Crippen molar-refractivity contribution in [2.75, 3.05) is 13.7 Å². The quantitative estimate of drug-likeness (QED) is 0.706. The van der Waals surface area contributed by atoms with Crippen LogP contribution in [0.1, 0.15) is 18.4 Å². The first-order chi connectivity index (χ1) is 6.81. The number of aliphatic imine (C=N–C) groups is 1. The summed E-state index contributed by atoms with van der Waals surface area (Å²) in [4.78, 5) is 4.26. The molecule has 0 saturated heterocycles. The Hall–Kier alpha value is -1.38. The fourth-order valence-electron chi connectivity index (χ4n) is 1.62. The number of ether oxygens (including phenoxy) is 1. The number of methoxy groups -OCH3 is 1. The van der Waals surface area contributed by atoms with Crippen molar-refractivity contribution in [2.45, 2.75) is 12.8 Å². The molecule has 2 rings (SSSR count). The predicted molar refractivity (Wildman–Crippen MR) is 53.6 cm³/mol. The summed E-state index contributed by atoms with van der Waals surface area (Å²) in [7, 11) is 1.53. The van der Waals surface area contributed by atoms with E-state index in [1.807, 2.05) is 0 Å². The second-order valence-electron chi connectivity index (χ2n) is 3.28. The Morgan fingerprint density at radius 1 is 1.43 bits per heavy atom. The van der Waals surface area contributed by atoms with Crippen molar-refractivity contribution in [1.29, 1.82) is 0 Å². The fraction of sp³-hybridized carbons (Fsp3) is 0.364. The lowest BCUT2D eigenvalue weighted by atomic mass is 10.1. The van der Waals surface area contributed by atoms with Gasteiger partial charge >= 0.3 is 0 Å². The highest BCUT2D eigenvalue weighted by Crippen LogP contribution is 2.20. The van der Waals surface area contributed by atoms with Gasteiger partial charge in [-0.05, 0) is 25.0 Å². The van der Waals surface area contributed by atoms with E-state index in [9.17, 15) is 4.39 Å². The second-order valence-corrected chi connectivity index (χ2v) is 3.28. The Morgan fingerprint density at radius 3 is 2.86 bits per heavy atom. The van der Waals surface area contributed by atoms with E-state index >= 15 is 0 Å². The zero-order valence-corrected chi connectivity index (χ0v) is 8.09. The van der Waals surface area contributed by atoms with Gasteiger partial charge in [0.15, 0.2) is 0 Å². The summed E-state index contributed by atoms with van der Waals surface area (Å²) in [5.74, 6) is 0.301. The minimum absolute atomic E-state index is 0.245. The summed E-state index contributed by atoms with van der Waals surface area (Å²) >= 11 is 0. The van der Waals surface area contributed by atoms with E-state index in [4.69, 9.17) is 4.74 Å². The Bertz CT molecular complexity index is 374. The van der Waals surface area contributed by atoms with Gasteiger partial charge < -0.3 is 4.74 Å². The average Bonchev–Trinajstić information content (AvgIpc) is 2.70. The maximum absolute atomic E-state index is 13.5. The largest absolute Gasteiger partial charge is 0.497 e. The molecule has 0 atom stereocenters. The molecule has 0 aliphatic carbocycles. The van der Waals surface area contributed by atoms with Crippen molar-refractivity contribution < 1.29 is 9.13 Å². The molecule has 0 unspecified atom stereocenters. The van der Waals surface area contributed by atoms with Gasteiger partial charge in [0.05, 0.1) is 7.11 Å². The van der Waals surface area contributed by atoms with Crippen molar-refractivity contribution in [2.24, 2.45) is 4.99 Å². The van der Waals surface area contributed by atoms with Crippen LogP contribution in [0.3, 0.4) is 0 Å². The van der Waals surface area contributed by atoms with E-state index in [0.29, 0.717) is 11.3 Å². The van der Waals surface area contributed by atoms with Crippen LogP contribution in [-0.2, 0) is 0 Å². The topological polar surface area (TPSA) is 21.6 Å². The molecule has 0 aromatic heterocycles. The molecule has 1 aliphatic rings. The van der Waals surface area contributed by atoms with Gasteiger partial charge in [0, 0.05) is 23.9 Å². The van der Waals surface area contributed by atoms with E-state index < -0.39 is 0 Å². The maximum atomic E-state index is 13.5. The van der Waals surface area contributed by atoms with Crippen LogP contribution in [0.25, 0.3) is 0 Å². The van der Waals surface area contributed by atoms with Gasteiger partial charge in [0.25, 0.3) is 0 Å². The highest BCUT2D eigenvalue weighted by Gasteiger charge is 2.13. The summed E-state index contributed by atoms with van der Waals surface area (Å²) < 4.78 is 18.5. The van der Waals surface area contributed by atoms with Crippen LogP contribution < -0.4 is 4.74 Å². The first-order valence-corrected chi connectivity index (χ1v) is 4.68. The molecular weight excluding hydrogens is 181 g/mol. The Balaban J connectivity index is 2.34. The van der Waals surface area contributed by atoms with Gasteiger partial charge in [-0.15, -0.1) is 0 Å². The minimum Gasteiger partial charge on any atom is -0.497 e. The number of halogens is 1. The molecule has 1 heterocycles. The van der Waals surface area contributed by atoms with Gasteiger partial charge in [-0.3, -0.25) is 4.99 Å². The summed E-state index contributed by atoms with van der Waals surface area (Å²) in [5, 5.41) is 0. The lowest BCUT2D eigenvalue weighted by Crippen LogP contribution is -2.00. The zero-order valence-electron chi connectivity index (χ0n) is 8.09. The monoisotopic (exact) mass is 193 g/mol. The van der Waals surface area contributed by atoms with Gasteiger partial charge in [-0.25, -0.2) is 4.39 Å². The second kappa shape index (κ2) is 3.78. The molecule has 14 heavy (non-hydrogen) atoms. The standard InChI is InChI=1S/C11H12FNO/c1-14-8-4-5-9(10(12)7-8)11-3-2-6-13-11/h4-5,7H,2-3,6H2,1H3. The van der Waals surface area contributed by atoms with Crippen molar-refractivity contribution >= 4 is 5.71 Å². The molecule has 1 aliphatic heterocycles. The number of rotatable bonds is 2. The Kier molecular flexibility index (Phi) is 2.48. The van der Waals surface area contributed by atoms with Crippen LogP contribution in [-0.4, -0.2) is 19.4 Å². The van der Waals surface area contributed by atoms with Crippen LogP contribution in [0, 0.1) is 5.82 Å². The summed E-state index contributed by atoms with van der Waals surface area (Å²) in [6, 6.07) is 4.90. The molecule has 3 heteroatoms. The molecule has 1 aromatic rings. The molecule has 2 nitrogen and oxygen atoms in total. The predicted octanol–water partition coefficient (Wildman–Crippen LogP) is 2.42. The molecule has 0 spiro atoms. The molecule has 0 amide bonds. The number of hydrogen-bond donors (Lipinski definition) is 0. The first kappa shape index (κ1) is 9.19. The van der Waals surface area contributed by atoms with E-state index in [0.717, 1.165) is 25.1 Å². The van der Waals surface area contributed by atoms with E-state index in [-0.39, 0.29) is 5.82 Å². The Labute approximate surface area is 82.4 Å². The summed E-state index contributed by atoms with van der Waals surface area (Å²) in [6.07, 6.45) is 1.91. The third-order valence-corrected chi connectivity index (χ3v) is 2.36. The van der Waals surface area contributed by atoms with Crippen LogP contribution >= 0.6 is 0 Å². The number of benzene rings is 1. The van der Waals surface area contributed by atoms with Gasteiger partial charge in [0.2, 0.25) is 0 Å². The van der Waals surface area contributed by atoms with Gasteiger partial charge in [-0.2, -0.15) is 0 Å². The first-order valence-electron chi connectivity index (χ1n) is 4.68. The molecule has 0 saturated carbocycles. The van der Waals surface area contributed by atoms with Crippen LogP contribution in [0.5, 0.6) is 5.75 Å².